The summed E-state index contributed by atoms with van der Waals surface area (Å²) < 4.78 is 27.2. The zero-order valence-corrected chi connectivity index (χ0v) is 23.4. The average molecular weight is 573 g/mol. The normalized spacial score (nSPS) is 12.7. The van der Waals surface area contributed by atoms with Gasteiger partial charge in [-0.05, 0) is 70.0 Å². The van der Waals surface area contributed by atoms with Crippen LogP contribution >= 0.6 is 27.5 Å². The molecule has 0 radical (unpaired) electrons. The van der Waals surface area contributed by atoms with Gasteiger partial charge < -0.3 is 10.2 Å². The van der Waals surface area contributed by atoms with Crippen molar-refractivity contribution in [2.75, 3.05) is 17.1 Å². The molecule has 0 heterocycles. The summed E-state index contributed by atoms with van der Waals surface area (Å²) in [6.07, 6.45) is 1.04. The van der Waals surface area contributed by atoms with Crippen LogP contribution < -0.4 is 9.62 Å². The first kappa shape index (κ1) is 28.1. The quantitative estimate of drug-likeness (QED) is 0.504. The molecule has 0 bridgehead atoms. The van der Waals surface area contributed by atoms with Crippen molar-refractivity contribution in [3.63, 3.8) is 0 Å². The Labute approximate surface area is 215 Å². The van der Waals surface area contributed by atoms with E-state index in [9.17, 15) is 18.0 Å². The highest BCUT2D eigenvalue weighted by atomic mass is 79.9. The van der Waals surface area contributed by atoms with Gasteiger partial charge in [-0.1, -0.05) is 45.7 Å². The Bertz CT molecular complexity index is 1170. The molecule has 0 aliphatic rings. The van der Waals surface area contributed by atoms with Crippen LogP contribution in [-0.2, 0) is 26.2 Å². The van der Waals surface area contributed by atoms with Crippen LogP contribution in [0.15, 0.2) is 46.9 Å². The number of nitrogens with one attached hydrogen (secondary N) is 1. The number of hydrogen-bond acceptors (Lipinski definition) is 4. The first-order valence-corrected chi connectivity index (χ1v) is 13.7. The molecular weight excluding hydrogens is 542 g/mol. The number of nitrogens with zero attached hydrogens (tertiary/aromatic N) is 2. The number of amides is 2. The van der Waals surface area contributed by atoms with E-state index < -0.39 is 34.1 Å². The Kier molecular flexibility index (Phi) is 9.18. The van der Waals surface area contributed by atoms with E-state index in [1.165, 1.54) is 11.0 Å². The van der Waals surface area contributed by atoms with Gasteiger partial charge in [0, 0.05) is 21.6 Å². The van der Waals surface area contributed by atoms with Crippen molar-refractivity contribution >= 4 is 55.1 Å². The van der Waals surface area contributed by atoms with Crippen LogP contribution in [0.1, 0.15) is 38.8 Å². The molecule has 2 aromatic rings. The number of benzene rings is 2. The zero-order valence-electron chi connectivity index (χ0n) is 20.2. The summed E-state index contributed by atoms with van der Waals surface area (Å²) in [4.78, 5) is 27.9. The zero-order chi connectivity index (χ0) is 25.8. The van der Waals surface area contributed by atoms with Gasteiger partial charge in [0.25, 0.3) is 0 Å². The lowest BCUT2D eigenvalue weighted by molar-refractivity contribution is -0.140. The summed E-state index contributed by atoms with van der Waals surface area (Å²) in [5, 5.41) is 3.24. The molecule has 1 atom stereocenters. The molecular formula is C24H31BrClN3O4S. The number of halogens is 2. The summed E-state index contributed by atoms with van der Waals surface area (Å²) in [5.41, 5.74) is 1.27. The minimum absolute atomic E-state index is 0.128. The van der Waals surface area contributed by atoms with Crippen molar-refractivity contribution in [1.29, 1.82) is 0 Å². The molecule has 0 aromatic heterocycles. The number of anilines is 1. The molecule has 0 spiro atoms. The summed E-state index contributed by atoms with van der Waals surface area (Å²) in [6, 6.07) is 11.4. The maximum absolute atomic E-state index is 13.6. The Balaban J connectivity index is 2.45. The van der Waals surface area contributed by atoms with Crippen molar-refractivity contribution in [3.05, 3.63) is 63.1 Å². The first-order chi connectivity index (χ1) is 15.6. The van der Waals surface area contributed by atoms with Gasteiger partial charge in [0.15, 0.2) is 0 Å². The second kappa shape index (κ2) is 11.1. The summed E-state index contributed by atoms with van der Waals surface area (Å²) in [7, 11) is -3.82. The number of carbonyl (C=O) groups is 2. The average Bonchev–Trinajstić information content (AvgIpc) is 2.69. The molecule has 0 saturated heterocycles. The lowest BCUT2D eigenvalue weighted by atomic mass is 10.1. The SMILES string of the molecule is Cc1ccc(Cl)cc1N(CC(=O)N(Cc1cccc(Br)c1)[C@@H](C)C(=O)NC(C)(C)C)S(C)(=O)=O. The van der Waals surface area contributed by atoms with Gasteiger partial charge in [0.1, 0.15) is 12.6 Å². The highest BCUT2D eigenvalue weighted by Gasteiger charge is 2.31. The van der Waals surface area contributed by atoms with Crippen molar-refractivity contribution < 1.29 is 18.0 Å². The number of rotatable bonds is 8. The van der Waals surface area contributed by atoms with Gasteiger partial charge >= 0.3 is 0 Å². The molecule has 0 aliphatic carbocycles. The molecule has 0 saturated carbocycles. The Hall–Kier alpha value is -2.10. The van der Waals surface area contributed by atoms with Crippen LogP contribution in [0.2, 0.25) is 5.02 Å². The van der Waals surface area contributed by atoms with Crippen LogP contribution in [0.25, 0.3) is 0 Å². The molecule has 10 heteroatoms. The highest BCUT2D eigenvalue weighted by molar-refractivity contribution is 9.10. The maximum Gasteiger partial charge on any atom is 0.244 e. The third-order valence-corrected chi connectivity index (χ3v) is 6.88. The molecule has 0 aliphatic heterocycles. The van der Waals surface area contributed by atoms with Gasteiger partial charge in [0.2, 0.25) is 21.8 Å². The second-order valence-electron chi connectivity index (χ2n) is 9.27. The Morgan fingerprint density at radius 2 is 1.79 bits per heavy atom. The summed E-state index contributed by atoms with van der Waals surface area (Å²) in [5.74, 6) is -0.845. The van der Waals surface area contributed by atoms with Crippen LogP contribution in [0, 0.1) is 6.92 Å². The fraction of sp³-hybridized carbons (Fsp3) is 0.417. The van der Waals surface area contributed by atoms with Crippen molar-refractivity contribution in [2.24, 2.45) is 0 Å². The molecule has 1 N–H and O–H groups in total. The predicted molar refractivity (Wildman–Crippen MR) is 140 cm³/mol. The fourth-order valence-electron chi connectivity index (χ4n) is 3.33. The van der Waals surface area contributed by atoms with E-state index in [0.717, 1.165) is 20.6 Å². The molecule has 2 amide bonds. The molecule has 186 valence electrons. The molecule has 0 unspecified atom stereocenters. The Morgan fingerprint density at radius 1 is 1.15 bits per heavy atom. The maximum atomic E-state index is 13.6. The van der Waals surface area contributed by atoms with E-state index in [-0.39, 0.29) is 12.5 Å². The smallest absolute Gasteiger partial charge is 0.244 e. The molecule has 2 aromatic carbocycles. The number of hydrogen-bond donors (Lipinski definition) is 1. The molecule has 34 heavy (non-hydrogen) atoms. The van der Waals surface area contributed by atoms with Gasteiger partial charge in [-0.15, -0.1) is 0 Å². The van der Waals surface area contributed by atoms with Crippen LogP contribution in [0.4, 0.5) is 5.69 Å². The van der Waals surface area contributed by atoms with Crippen LogP contribution in [0.3, 0.4) is 0 Å². The summed E-state index contributed by atoms with van der Waals surface area (Å²) >= 11 is 9.54. The first-order valence-electron chi connectivity index (χ1n) is 10.7. The van der Waals surface area contributed by atoms with E-state index >= 15 is 0 Å². The summed E-state index contributed by atoms with van der Waals surface area (Å²) in [6.45, 7) is 8.59. The van der Waals surface area contributed by atoms with Gasteiger partial charge in [-0.3, -0.25) is 13.9 Å². The minimum atomic E-state index is -3.82. The highest BCUT2D eigenvalue weighted by Crippen LogP contribution is 2.27. The molecule has 0 fully saturated rings. The third kappa shape index (κ3) is 7.99. The number of sulfonamides is 1. The van der Waals surface area contributed by atoms with Crippen molar-refractivity contribution in [3.8, 4) is 0 Å². The molecule has 7 nitrogen and oxygen atoms in total. The van der Waals surface area contributed by atoms with Gasteiger partial charge in [-0.25, -0.2) is 8.42 Å². The van der Waals surface area contributed by atoms with E-state index in [0.29, 0.717) is 16.3 Å². The molecule has 2 rings (SSSR count). The number of aryl methyl sites for hydroxylation is 1. The topological polar surface area (TPSA) is 86.8 Å². The lowest BCUT2D eigenvalue weighted by Crippen LogP contribution is -2.54. The van der Waals surface area contributed by atoms with Gasteiger partial charge in [0.05, 0.1) is 11.9 Å². The van der Waals surface area contributed by atoms with E-state index in [1.807, 2.05) is 45.0 Å². The number of carbonyl (C=O) groups excluding carboxylic acids is 2. The minimum Gasteiger partial charge on any atom is -0.350 e. The monoisotopic (exact) mass is 571 g/mol. The van der Waals surface area contributed by atoms with E-state index in [2.05, 4.69) is 21.2 Å². The largest absolute Gasteiger partial charge is 0.350 e. The van der Waals surface area contributed by atoms with Crippen molar-refractivity contribution in [2.45, 2.75) is 52.7 Å². The van der Waals surface area contributed by atoms with E-state index in [1.54, 1.807) is 26.0 Å². The van der Waals surface area contributed by atoms with Crippen molar-refractivity contribution in [1.82, 2.24) is 10.2 Å². The fourth-order valence-corrected chi connectivity index (χ4v) is 4.85. The van der Waals surface area contributed by atoms with E-state index in [4.69, 9.17) is 11.6 Å². The standard InChI is InChI=1S/C24H31BrClN3O4S/c1-16-10-11-20(26)13-21(16)29(34(6,32)33)15-22(30)28(14-18-8-7-9-19(25)12-18)17(2)23(31)27-24(3,4)5/h7-13,17H,14-15H2,1-6H3,(H,27,31)/t17-/m0/s1. The second-order valence-corrected chi connectivity index (χ2v) is 12.5. The lowest BCUT2D eigenvalue weighted by Gasteiger charge is -2.33. The van der Waals surface area contributed by atoms with Crippen LogP contribution in [0.5, 0.6) is 0 Å². The van der Waals surface area contributed by atoms with Gasteiger partial charge in [-0.2, -0.15) is 0 Å². The Morgan fingerprint density at radius 3 is 2.35 bits per heavy atom. The third-order valence-electron chi connectivity index (χ3n) is 5.03. The van der Waals surface area contributed by atoms with Crippen LogP contribution in [-0.4, -0.2) is 49.5 Å². The predicted octanol–water partition coefficient (Wildman–Crippen LogP) is 4.51.